The first-order valence-electron chi connectivity index (χ1n) is 13.2. The maximum Gasteiger partial charge on any atom is 0.415 e. The molecule has 0 bridgehead atoms. The Morgan fingerprint density at radius 3 is 2.38 bits per heavy atom. The number of Topliss-reactive ketones (excluding diaryl/α,β-unsaturated/α-hetero) is 1. The number of benzene rings is 2. The van der Waals surface area contributed by atoms with Crippen molar-refractivity contribution in [3.63, 3.8) is 0 Å². The van der Waals surface area contributed by atoms with E-state index in [2.05, 4.69) is 0 Å². The van der Waals surface area contributed by atoms with Gasteiger partial charge in [0.05, 0.1) is 12.2 Å². The van der Waals surface area contributed by atoms with Crippen molar-refractivity contribution in [2.24, 2.45) is 0 Å². The Bertz CT molecular complexity index is 1630. The highest BCUT2D eigenvalue weighted by Gasteiger charge is 2.44. The van der Waals surface area contributed by atoms with Crippen LogP contribution in [0.5, 0.6) is 11.5 Å². The zero-order valence-corrected chi connectivity index (χ0v) is 22.2. The van der Waals surface area contributed by atoms with Gasteiger partial charge in [-0.15, -0.1) is 0 Å². The van der Waals surface area contributed by atoms with Crippen molar-refractivity contribution in [3.8, 4) is 17.2 Å². The number of hydrogen-bond acceptors (Lipinski definition) is 6. The molecule has 39 heavy (non-hydrogen) atoms. The summed E-state index contributed by atoms with van der Waals surface area (Å²) in [5, 5.41) is 0. The lowest BCUT2D eigenvalue weighted by Gasteiger charge is -2.42. The SMILES string of the molecule is CC(=O)c1ccc(-n2c(=O)n3n(c2=O)C2C(=CC3)C(C)(C)Oc3cc(OC(=O)N4CCCCC4)ccc32)cc1. The number of nitrogens with zero attached hydrogens (tertiary/aromatic N) is 4. The number of fused-ring (bicyclic) bond motifs is 5. The van der Waals surface area contributed by atoms with Gasteiger partial charge >= 0.3 is 17.5 Å². The van der Waals surface area contributed by atoms with Crippen molar-refractivity contribution in [2.45, 2.75) is 58.2 Å². The second-order valence-corrected chi connectivity index (χ2v) is 10.7. The Morgan fingerprint density at radius 2 is 1.69 bits per heavy atom. The number of likely N-dealkylation sites (tertiary alicyclic amines) is 1. The Balaban J connectivity index is 1.41. The molecular formula is C29H30N4O6. The molecule has 3 aliphatic heterocycles. The normalized spacial score (nSPS) is 19.2. The predicted octanol–water partition coefficient (Wildman–Crippen LogP) is 3.69. The summed E-state index contributed by atoms with van der Waals surface area (Å²) in [5.74, 6) is 0.742. The molecule has 3 aliphatic rings. The van der Waals surface area contributed by atoms with Gasteiger partial charge in [-0.2, -0.15) is 0 Å². The Labute approximate surface area is 224 Å². The van der Waals surface area contributed by atoms with Gasteiger partial charge in [0.2, 0.25) is 0 Å². The molecule has 0 saturated carbocycles. The predicted molar refractivity (Wildman–Crippen MR) is 143 cm³/mol. The summed E-state index contributed by atoms with van der Waals surface area (Å²) < 4.78 is 16.0. The maximum absolute atomic E-state index is 13.8. The third-order valence-electron chi connectivity index (χ3n) is 7.77. The summed E-state index contributed by atoms with van der Waals surface area (Å²) in [6.07, 6.45) is 4.58. The highest BCUT2D eigenvalue weighted by atomic mass is 16.6. The minimum absolute atomic E-state index is 0.0994. The minimum Gasteiger partial charge on any atom is -0.483 e. The van der Waals surface area contributed by atoms with Gasteiger partial charge in [-0.3, -0.25) is 4.79 Å². The van der Waals surface area contributed by atoms with Gasteiger partial charge in [0.1, 0.15) is 23.1 Å². The van der Waals surface area contributed by atoms with E-state index in [0.29, 0.717) is 41.4 Å². The standard InChI is InChI=1S/C29H30N4O6/c1-18(34)19-7-9-20(10-8-19)32-26(35)31-16-13-23-25(33(31)27(32)36)22-12-11-21(17-24(22)39-29(23,2)3)38-28(37)30-14-5-4-6-15-30/h7-13,17,25H,4-6,14-16H2,1-3H3. The molecule has 0 aliphatic carbocycles. The van der Waals surface area contributed by atoms with Crippen LogP contribution >= 0.6 is 0 Å². The number of piperidine rings is 1. The smallest absolute Gasteiger partial charge is 0.415 e. The zero-order chi connectivity index (χ0) is 27.5. The van der Waals surface area contributed by atoms with Crippen LogP contribution in [0, 0.1) is 0 Å². The fourth-order valence-electron chi connectivity index (χ4n) is 5.75. The molecule has 2 aromatic carbocycles. The molecule has 0 N–H and O–H groups in total. The van der Waals surface area contributed by atoms with Crippen molar-refractivity contribution in [1.29, 1.82) is 0 Å². The van der Waals surface area contributed by atoms with Crippen LogP contribution in [0.4, 0.5) is 4.79 Å². The Morgan fingerprint density at radius 1 is 0.974 bits per heavy atom. The molecular weight excluding hydrogens is 500 g/mol. The average molecular weight is 531 g/mol. The molecule has 6 rings (SSSR count). The van der Waals surface area contributed by atoms with Gasteiger partial charge in [-0.05, 0) is 82.0 Å². The highest BCUT2D eigenvalue weighted by molar-refractivity contribution is 5.94. The van der Waals surface area contributed by atoms with Crippen LogP contribution < -0.4 is 20.9 Å². The molecule has 4 heterocycles. The summed E-state index contributed by atoms with van der Waals surface area (Å²) in [5.41, 5.74) is 0.699. The van der Waals surface area contributed by atoms with Gasteiger partial charge < -0.3 is 14.4 Å². The second kappa shape index (κ2) is 9.14. The average Bonchev–Trinajstić information content (AvgIpc) is 3.18. The van der Waals surface area contributed by atoms with Gasteiger partial charge in [-0.25, -0.2) is 28.3 Å². The van der Waals surface area contributed by atoms with E-state index in [-0.39, 0.29) is 18.4 Å². The number of ketones is 1. The summed E-state index contributed by atoms with van der Waals surface area (Å²) in [4.78, 5) is 53.3. The lowest BCUT2D eigenvalue weighted by molar-refractivity contribution is 0.101. The van der Waals surface area contributed by atoms with Gasteiger partial charge in [0.15, 0.2) is 5.78 Å². The van der Waals surface area contributed by atoms with Crippen molar-refractivity contribution in [3.05, 3.63) is 86.2 Å². The van der Waals surface area contributed by atoms with Crippen molar-refractivity contribution >= 4 is 11.9 Å². The van der Waals surface area contributed by atoms with Crippen LogP contribution in [0.1, 0.15) is 62.0 Å². The monoisotopic (exact) mass is 530 g/mol. The first kappa shape index (κ1) is 25.0. The van der Waals surface area contributed by atoms with Crippen molar-refractivity contribution in [2.75, 3.05) is 13.1 Å². The molecule has 10 heteroatoms. The molecule has 0 radical (unpaired) electrons. The van der Waals surface area contributed by atoms with Crippen molar-refractivity contribution < 1.29 is 19.1 Å². The van der Waals surface area contributed by atoms with Gasteiger partial charge in [0, 0.05) is 30.3 Å². The van der Waals surface area contributed by atoms with Crippen molar-refractivity contribution in [1.82, 2.24) is 18.8 Å². The van der Waals surface area contributed by atoms with Crippen LogP contribution in [-0.4, -0.2) is 49.4 Å². The van der Waals surface area contributed by atoms with Gasteiger partial charge in [0.25, 0.3) is 0 Å². The van der Waals surface area contributed by atoms with E-state index in [9.17, 15) is 19.2 Å². The van der Waals surface area contributed by atoms with E-state index in [1.807, 2.05) is 19.9 Å². The molecule has 1 fully saturated rings. The minimum atomic E-state index is -0.779. The molecule has 0 spiro atoms. The number of aromatic nitrogens is 3. The number of carbonyl (C=O) groups excluding carboxylic acids is 2. The molecule has 202 valence electrons. The number of hydrogen-bond donors (Lipinski definition) is 0. The summed E-state index contributed by atoms with van der Waals surface area (Å²) in [6, 6.07) is 11.0. The fourth-order valence-corrected chi connectivity index (χ4v) is 5.75. The maximum atomic E-state index is 13.8. The zero-order valence-electron chi connectivity index (χ0n) is 22.2. The largest absolute Gasteiger partial charge is 0.483 e. The quantitative estimate of drug-likeness (QED) is 0.378. The van der Waals surface area contributed by atoms with E-state index in [4.69, 9.17) is 9.47 Å². The second-order valence-electron chi connectivity index (χ2n) is 10.7. The lowest BCUT2D eigenvalue weighted by atomic mass is 9.83. The van der Waals surface area contributed by atoms with Gasteiger partial charge in [-0.1, -0.05) is 6.08 Å². The Kier molecular flexibility index (Phi) is 5.85. The molecule has 3 aromatic rings. The summed E-state index contributed by atoms with van der Waals surface area (Å²) >= 11 is 0. The topological polar surface area (TPSA) is 105 Å². The molecule has 1 aromatic heterocycles. The molecule has 10 nitrogen and oxygen atoms in total. The number of carbonyl (C=O) groups is 2. The lowest BCUT2D eigenvalue weighted by Crippen LogP contribution is -2.46. The third kappa shape index (κ3) is 4.10. The molecule has 1 atom stereocenters. The summed E-state index contributed by atoms with van der Waals surface area (Å²) in [6.45, 7) is 6.86. The molecule has 1 amide bonds. The number of rotatable bonds is 3. The fraction of sp³-hybridized carbons (Fsp3) is 0.379. The van der Waals surface area contributed by atoms with E-state index >= 15 is 0 Å². The first-order chi connectivity index (χ1) is 18.7. The first-order valence-corrected chi connectivity index (χ1v) is 13.2. The van der Waals surface area contributed by atoms with Crippen LogP contribution in [0.3, 0.4) is 0 Å². The highest BCUT2D eigenvalue weighted by Crippen LogP contribution is 2.47. The van der Waals surface area contributed by atoms with E-state index in [0.717, 1.165) is 29.4 Å². The molecule has 1 unspecified atom stereocenters. The van der Waals surface area contributed by atoms with Crippen LogP contribution in [-0.2, 0) is 6.54 Å². The van der Waals surface area contributed by atoms with E-state index in [1.165, 1.54) is 16.3 Å². The number of allylic oxidation sites excluding steroid dienone is 1. The van der Waals surface area contributed by atoms with Crippen LogP contribution in [0.25, 0.3) is 5.69 Å². The van der Waals surface area contributed by atoms with Crippen LogP contribution in [0.2, 0.25) is 0 Å². The van der Waals surface area contributed by atoms with Crippen LogP contribution in [0.15, 0.2) is 63.7 Å². The molecule has 1 saturated heterocycles. The van der Waals surface area contributed by atoms with E-state index < -0.39 is 23.0 Å². The Hall–Kier alpha value is -4.34. The third-order valence-corrected chi connectivity index (χ3v) is 7.77. The summed E-state index contributed by atoms with van der Waals surface area (Å²) in [7, 11) is 0. The number of amides is 1. The number of ether oxygens (including phenoxy) is 2. The van der Waals surface area contributed by atoms with E-state index in [1.54, 1.807) is 47.4 Å².